The smallest absolute Gasteiger partial charge is 0.0243 e. The summed E-state index contributed by atoms with van der Waals surface area (Å²) in [5.74, 6) is 4.27. The lowest BCUT2D eigenvalue weighted by Gasteiger charge is -2.61. The molecule has 0 nitrogen and oxygen atoms in total. The second kappa shape index (κ2) is 4.51. The summed E-state index contributed by atoms with van der Waals surface area (Å²) in [7, 11) is 0. The van der Waals surface area contributed by atoms with Crippen molar-refractivity contribution in [3.63, 3.8) is 0 Å². The van der Waals surface area contributed by atoms with Crippen molar-refractivity contribution in [3.05, 3.63) is 0 Å². The van der Waals surface area contributed by atoms with E-state index in [2.05, 4.69) is 27.7 Å². The predicted molar refractivity (Wildman–Crippen MR) is 90.1 cm³/mol. The molecule has 6 atom stereocenters. The van der Waals surface area contributed by atoms with Crippen LogP contribution >= 0.6 is 0 Å². The predicted octanol–water partition coefficient (Wildman–Crippen LogP) is 6.45. The van der Waals surface area contributed by atoms with E-state index in [-0.39, 0.29) is 0 Å². The maximum atomic E-state index is 2.70. The lowest BCUT2D eigenvalue weighted by molar-refractivity contribution is -0.120. The van der Waals surface area contributed by atoms with Gasteiger partial charge >= 0.3 is 0 Å². The second-order valence-corrected chi connectivity index (χ2v) is 10.3. The van der Waals surface area contributed by atoms with Crippen LogP contribution in [0.1, 0.15) is 91.9 Å². The van der Waals surface area contributed by atoms with Crippen LogP contribution in [0, 0.1) is 39.9 Å². The molecule has 4 fully saturated rings. The topological polar surface area (TPSA) is 0 Å². The molecule has 4 saturated carbocycles. The molecule has 0 aromatic heterocycles. The lowest BCUT2D eigenvalue weighted by atomic mass is 9.44. The van der Waals surface area contributed by atoms with E-state index < -0.39 is 0 Å². The zero-order valence-corrected chi connectivity index (χ0v) is 14.9. The van der Waals surface area contributed by atoms with E-state index in [1.54, 1.807) is 32.1 Å². The van der Waals surface area contributed by atoms with Crippen LogP contribution in [0.25, 0.3) is 0 Å². The number of hydrogen-bond donors (Lipinski definition) is 0. The molecule has 0 aromatic rings. The van der Waals surface area contributed by atoms with Gasteiger partial charge in [0, 0.05) is 0 Å². The van der Waals surface area contributed by atoms with Gasteiger partial charge < -0.3 is 0 Å². The molecule has 0 radical (unpaired) electrons. The maximum Gasteiger partial charge on any atom is -0.0243 e. The average Bonchev–Trinajstić information content (AvgIpc) is 2.69. The van der Waals surface area contributed by atoms with E-state index >= 15 is 0 Å². The zero-order valence-electron chi connectivity index (χ0n) is 14.9. The van der Waals surface area contributed by atoms with Crippen LogP contribution in [-0.4, -0.2) is 0 Å². The standard InChI is InChI=1S/C21H36/c1-19(2)13-10-18-16-9-8-15-7-5-6-12-20(15,3)17(16)11-14-21(18,19)4/h15-18H,5-14H2,1-4H3/t15-,16-,17+,18+,20+,21+/m1/s1. The van der Waals surface area contributed by atoms with Crippen molar-refractivity contribution in [1.82, 2.24) is 0 Å². The van der Waals surface area contributed by atoms with Gasteiger partial charge in [0.25, 0.3) is 0 Å². The zero-order chi connectivity index (χ0) is 14.9. The molecule has 4 rings (SSSR count). The highest BCUT2D eigenvalue weighted by Crippen LogP contribution is 2.70. The summed E-state index contributed by atoms with van der Waals surface area (Å²) in [5, 5.41) is 0. The van der Waals surface area contributed by atoms with Gasteiger partial charge in [0.15, 0.2) is 0 Å². The highest BCUT2D eigenvalue weighted by Gasteiger charge is 2.61. The van der Waals surface area contributed by atoms with Crippen LogP contribution in [0.5, 0.6) is 0 Å². The van der Waals surface area contributed by atoms with Crippen LogP contribution in [0.2, 0.25) is 0 Å². The van der Waals surface area contributed by atoms with Crippen molar-refractivity contribution in [2.24, 2.45) is 39.9 Å². The normalized spacial score (nSPS) is 55.4. The Morgan fingerprint density at radius 3 is 2.24 bits per heavy atom. The minimum Gasteiger partial charge on any atom is -0.0594 e. The fourth-order valence-electron chi connectivity index (χ4n) is 7.79. The van der Waals surface area contributed by atoms with Crippen LogP contribution in [-0.2, 0) is 0 Å². The highest BCUT2D eigenvalue weighted by molar-refractivity contribution is 5.10. The molecular weight excluding hydrogens is 252 g/mol. The molecule has 0 aliphatic heterocycles. The summed E-state index contributed by atoms with van der Waals surface area (Å²) in [6.45, 7) is 10.5. The summed E-state index contributed by atoms with van der Waals surface area (Å²) in [6.07, 6.45) is 15.4. The van der Waals surface area contributed by atoms with Gasteiger partial charge in [0.1, 0.15) is 0 Å². The van der Waals surface area contributed by atoms with Gasteiger partial charge in [-0.15, -0.1) is 0 Å². The van der Waals surface area contributed by atoms with E-state index in [4.69, 9.17) is 0 Å². The Balaban J connectivity index is 1.66. The molecule has 120 valence electrons. The first-order valence-electron chi connectivity index (χ1n) is 9.88. The van der Waals surface area contributed by atoms with Crippen LogP contribution in [0.15, 0.2) is 0 Å². The SMILES string of the molecule is CC1(C)CC[C@H]2[C@@H]3CC[C@H]4CCCC[C@]4(C)[C@H]3CC[C@@]21C. The summed E-state index contributed by atoms with van der Waals surface area (Å²) in [5.41, 5.74) is 1.95. The van der Waals surface area contributed by atoms with Crippen LogP contribution in [0.3, 0.4) is 0 Å². The summed E-state index contributed by atoms with van der Waals surface area (Å²) < 4.78 is 0. The Morgan fingerprint density at radius 1 is 0.667 bits per heavy atom. The van der Waals surface area contributed by atoms with E-state index in [1.165, 1.54) is 32.1 Å². The first kappa shape index (κ1) is 14.6. The molecule has 0 spiro atoms. The van der Waals surface area contributed by atoms with Gasteiger partial charge in [-0.05, 0) is 91.3 Å². The minimum atomic E-state index is 0.590. The second-order valence-electron chi connectivity index (χ2n) is 10.3. The maximum absolute atomic E-state index is 2.70. The van der Waals surface area contributed by atoms with E-state index in [0.29, 0.717) is 10.8 Å². The number of rotatable bonds is 0. The van der Waals surface area contributed by atoms with Crippen molar-refractivity contribution in [3.8, 4) is 0 Å². The van der Waals surface area contributed by atoms with E-state index in [0.717, 1.165) is 29.1 Å². The largest absolute Gasteiger partial charge is 0.0594 e. The van der Waals surface area contributed by atoms with Gasteiger partial charge in [0.2, 0.25) is 0 Å². The molecule has 4 aliphatic carbocycles. The Hall–Kier alpha value is 0. The summed E-state index contributed by atoms with van der Waals surface area (Å²) in [4.78, 5) is 0. The molecule has 0 N–H and O–H groups in total. The minimum absolute atomic E-state index is 0.590. The van der Waals surface area contributed by atoms with Crippen molar-refractivity contribution >= 4 is 0 Å². The highest BCUT2D eigenvalue weighted by atomic mass is 14.7. The average molecular weight is 289 g/mol. The molecule has 0 unspecified atom stereocenters. The molecule has 0 amide bonds. The fourth-order valence-corrected chi connectivity index (χ4v) is 7.79. The number of hydrogen-bond acceptors (Lipinski definition) is 0. The third kappa shape index (κ3) is 1.80. The van der Waals surface area contributed by atoms with Gasteiger partial charge in [0.05, 0.1) is 0 Å². The summed E-state index contributed by atoms with van der Waals surface area (Å²) in [6, 6.07) is 0. The molecular formula is C21H36. The molecule has 0 heterocycles. The molecule has 0 aromatic carbocycles. The van der Waals surface area contributed by atoms with Gasteiger partial charge in [-0.1, -0.05) is 40.5 Å². The molecule has 0 saturated heterocycles. The van der Waals surface area contributed by atoms with Crippen molar-refractivity contribution in [1.29, 1.82) is 0 Å². The first-order chi connectivity index (χ1) is 9.88. The monoisotopic (exact) mass is 288 g/mol. The molecule has 4 aliphatic rings. The Labute approximate surface area is 132 Å². The van der Waals surface area contributed by atoms with Crippen LogP contribution in [0.4, 0.5) is 0 Å². The van der Waals surface area contributed by atoms with Gasteiger partial charge in [-0.3, -0.25) is 0 Å². The molecule has 0 bridgehead atoms. The van der Waals surface area contributed by atoms with Crippen molar-refractivity contribution in [2.45, 2.75) is 91.9 Å². The Bertz CT molecular complexity index is 422. The van der Waals surface area contributed by atoms with Crippen molar-refractivity contribution in [2.75, 3.05) is 0 Å². The first-order valence-corrected chi connectivity index (χ1v) is 9.88. The van der Waals surface area contributed by atoms with E-state index in [9.17, 15) is 0 Å². The molecule has 21 heavy (non-hydrogen) atoms. The Kier molecular flexibility index (Phi) is 3.13. The van der Waals surface area contributed by atoms with Crippen LogP contribution < -0.4 is 0 Å². The van der Waals surface area contributed by atoms with E-state index in [1.807, 2.05) is 0 Å². The quantitative estimate of drug-likeness (QED) is 0.481. The summed E-state index contributed by atoms with van der Waals surface area (Å²) >= 11 is 0. The Morgan fingerprint density at radius 2 is 1.43 bits per heavy atom. The lowest BCUT2D eigenvalue weighted by Crippen LogP contribution is -2.53. The number of fused-ring (bicyclic) bond motifs is 5. The van der Waals surface area contributed by atoms with Gasteiger partial charge in [-0.25, -0.2) is 0 Å². The third-order valence-electron chi connectivity index (χ3n) is 9.60. The molecule has 0 heteroatoms. The fraction of sp³-hybridized carbons (Fsp3) is 1.00. The third-order valence-corrected chi connectivity index (χ3v) is 9.60. The van der Waals surface area contributed by atoms with Crippen molar-refractivity contribution < 1.29 is 0 Å². The van der Waals surface area contributed by atoms with Gasteiger partial charge in [-0.2, -0.15) is 0 Å².